The fraction of sp³-hybridized carbons (Fsp3) is 0.667. The van der Waals surface area contributed by atoms with Crippen LogP contribution in [0.5, 0.6) is 5.75 Å². The van der Waals surface area contributed by atoms with Crippen molar-refractivity contribution in [2.24, 2.45) is 10.9 Å². The Morgan fingerprint density at radius 3 is 2.81 bits per heavy atom. The van der Waals surface area contributed by atoms with Crippen LogP contribution in [0.15, 0.2) is 23.2 Å². The molecule has 2 aliphatic heterocycles. The molecule has 2 heterocycles. The van der Waals surface area contributed by atoms with E-state index in [0.717, 1.165) is 50.2 Å². The minimum absolute atomic E-state index is 0. The summed E-state index contributed by atoms with van der Waals surface area (Å²) in [7, 11) is 1.84. The molecule has 0 saturated carbocycles. The Morgan fingerprint density at radius 2 is 2.07 bits per heavy atom. The molecule has 1 aromatic rings. The van der Waals surface area contributed by atoms with Gasteiger partial charge in [0.2, 0.25) is 0 Å². The van der Waals surface area contributed by atoms with Crippen molar-refractivity contribution in [3.8, 4) is 5.75 Å². The van der Waals surface area contributed by atoms with Crippen LogP contribution in [0.1, 0.15) is 37.8 Å². The predicted octanol–water partition coefficient (Wildman–Crippen LogP) is 3.07. The van der Waals surface area contributed by atoms with Gasteiger partial charge in [-0.15, -0.1) is 24.0 Å². The van der Waals surface area contributed by atoms with E-state index in [2.05, 4.69) is 52.6 Å². The molecule has 3 rings (SSSR count). The first-order chi connectivity index (χ1) is 12.7. The fourth-order valence-corrected chi connectivity index (χ4v) is 3.78. The molecule has 152 valence electrons. The molecule has 0 amide bonds. The highest BCUT2D eigenvalue weighted by Crippen LogP contribution is 2.25. The molecular formula is C21H35IN4O. The molecule has 2 N–H and O–H groups in total. The number of guanidine groups is 1. The average Bonchev–Trinajstić information content (AvgIpc) is 3.12. The van der Waals surface area contributed by atoms with Gasteiger partial charge in [-0.2, -0.15) is 0 Å². The van der Waals surface area contributed by atoms with Gasteiger partial charge in [-0.1, -0.05) is 19.1 Å². The van der Waals surface area contributed by atoms with Crippen molar-refractivity contribution in [2.75, 3.05) is 39.8 Å². The van der Waals surface area contributed by atoms with Gasteiger partial charge in [-0.25, -0.2) is 0 Å². The van der Waals surface area contributed by atoms with E-state index < -0.39 is 0 Å². The molecule has 1 aromatic carbocycles. The lowest BCUT2D eigenvalue weighted by molar-refractivity contribution is 0.147. The number of halogens is 1. The van der Waals surface area contributed by atoms with Gasteiger partial charge in [0.05, 0.1) is 6.61 Å². The maximum atomic E-state index is 5.57. The number of aliphatic imine (C=N–C) groups is 1. The minimum Gasteiger partial charge on any atom is -0.493 e. The summed E-state index contributed by atoms with van der Waals surface area (Å²) in [6.45, 7) is 9.75. The van der Waals surface area contributed by atoms with Crippen LogP contribution in [0.3, 0.4) is 0 Å². The van der Waals surface area contributed by atoms with Gasteiger partial charge in [-0.05, 0) is 62.4 Å². The van der Waals surface area contributed by atoms with Crippen molar-refractivity contribution in [1.82, 2.24) is 15.5 Å². The van der Waals surface area contributed by atoms with Crippen LogP contribution in [0, 0.1) is 5.92 Å². The lowest BCUT2D eigenvalue weighted by Gasteiger charge is -2.35. The van der Waals surface area contributed by atoms with Gasteiger partial charge in [0.1, 0.15) is 5.75 Å². The van der Waals surface area contributed by atoms with Gasteiger partial charge in [0.25, 0.3) is 0 Å². The predicted molar refractivity (Wildman–Crippen MR) is 124 cm³/mol. The number of hydrogen-bond acceptors (Lipinski definition) is 3. The Kier molecular flexibility index (Phi) is 9.15. The number of hydrogen-bond donors (Lipinski definition) is 2. The Balaban J connectivity index is 0.00000261. The van der Waals surface area contributed by atoms with Crippen LogP contribution in [0.2, 0.25) is 0 Å². The second-order valence-electron chi connectivity index (χ2n) is 7.74. The number of nitrogens with zero attached hydrogens (tertiary/aromatic N) is 2. The maximum Gasteiger partial charge on any atom is 0.191 e. The standard InChI is InChI=1S/C21H34N4O.HI/c1-16-7-11-25(12-8-16)17(2)15-24-21(22-3)23-10-6-18-4-5-20-19(14-18)9-13-26-20;/h4-5,14,16-17H,6-13,15H2,1-3H3,(H2,22,23,24);1H. The fourth-order valence-electron chi connectivity index (χ4n) is 3.78. The molecule has 0 aromatic heterocycles. The number of nitrogens with one attached hydrogen (secondary N) is 2. The number of likely N-dealkylation sites (tertiary alicyclic amines) is 1. The highest BCUT2D eigenvalue weighted by atomic mass is 127. The van der Waals surface area contributed by atoms with Gasteiger partial charge in [0, 0.05) is 32.6 Å². The lowest BCUT2D eigenvalue weighted by atomic mass is 9.98. The number of ether oxygens (including phenoxy) is 1. The number of piperidine rings is 1. The van der Waals surface area contributed by atoms with E-state index in [1.807, 2.05) is 7.05 Å². The lowest BCUT2D eigenvalue weighted by Crippen LogP contribution is -2.48. The first-order valence-corrected chi connectivity index (χ1v) is 10.1. The maximum absolute atomic E-state index is 5.57. The summed E-state index contributed by atoms with van der Waals surface area (Å²) < 4.78 is 5.57. The van der Waals surface area contributed by atoms with Crippen LogP contribution in [0.25, 0.3) is 0 Å². The zero-order valence-electron chi connectivity index (χ0n) is 17.0. The summed E-state index contributed by atoms with van der Waals surface area (Å²) in [4.78, 5) is 6.95. The topological polar surface area (TPSA) is 48.9 Å². The summed E-state index contributed by atoms with van der Waals surface area (Å²) in [6, 6.07) is 7.09. The van der Waals surface area contributed by atoms with E-state index in [1.54, 1.807) is 0 Å². The van der Waals surface area contributed by atoms with Crippen LogP contribution < -0.4 is 15.4 Å². The number of rotatable bonds is 6. The largest absolute Gasteiger partial charge is 0.493 e. The molecule has 6 heteroatoms. The normalized spacial score (nSPS) is 19.0. The molecule has 1 saturated heterocycles. The SMILES string of the molecule is CN=C(NCCc1ccc2c(c1)CCO2)NCC(C)N1CCC(C)CC1.I. The van der Waals surface area contributed by atoms with E-state index in [1.165, 1.54) is 37.1 Å². The second kappa shape index (κ2) is 11.1. The van der Waals surface area contributed by atoms with E-state index >= 15 is 0 Å². The number of fused-ring (bicyclic) bond motifs is 1. The molecule has 1 atom stereocenters. The first kappa shape index (κ1) is 22.3. The second-order valence-corrected chi connectivity index (χ2v) is 7.74. The zero-order valence-corrected chi connectivity index (χ0v) is 19.3. The van der Waals surface area contributed by atoms with Crippen molar-refractivity contribution in [3.05, 3.63) is 29.3 Å². The molecule has 1 unspecified atom stereocenters. The van der Waals surface area contributed by atoms with E-state index in [-0.39, 0.29) is 24.0 Å². The molecule has 1 fully saturated rings. The monoisotopic (exact) mass is 486 g/mol. The third-order valence-electron chi connectivity index (χ3n) is 5.69. The molecule has 0 aliphatic carbocycles. The summed E-state index contributed by atoms with van der Waals surface area (Å²) >= 11 is 0. The van der Waals surface area contributed by atoms with Crippen LogP contribution >= 0.6 is 24.0 Å². The van der Waals surface area contributed by atoms with Crippen molar-refractivity contribution in [1.29, 1.82) is 0 Å². The summed E-state index contributed by atoms with van der Waals surface area (Å²) in [5.74, 6) is 2.83. The van der Waals surface area contributed by atoms with Gasteiger partial charge in [-0.3, -0.25) is 9.89 Å². The van der Waals surface area contributed by atoms with Crippen molar-refractivity contribution in [2.45, 2.75) is 45.6 Å². The molecule has 2 aliphatic rings. The van der Waals surface area contributed by atoms with Gasteiger partial charge < -0.3 is 15.4 Å². The molecule has 5 nitrogen and oxygen atoms in total. The van der Waals surface area contributed by atoms with Crippen molar-refractivity contribution in [3.63, 3.8) is 0 Å². The summed E-state index contributed by atoms with van der Waals surface area (Å²) in [6.07, 6.45) is 4.67. The molecular weight excluding hydrogens is 451 g/mol. The third kappa shape index (κ3) is 6.52. The first-order valence-electron chi connectivity index (χ1n) is 10.1. The molecule has 0 spiro atoms. The Bertz CT molecular complexity index is 614. The minimum atomic E-state index is 0. The Labute approximate surface area is 181 Å². The zero-order chi connectivity index (χ0) is 18.4. The molecule has 27 heavy (non-hydrogen) atoms. The highest BCUT2D eigenvalue weighted by molar-refractivity contribution is 14.0. The Hall–Kier alpha value is -1.02. The molecule has 0 radical (unpaired) electrons. The van der Waals surface area contributed by atoms with E-state index in [9.17, 15) is 0 Å². The third-order valence-corrected chi connectivity index (χ3v) is 5.69. The van der Waals surface area contributed by atoms with Crippen molar-refractivity contribution < 1.29 is 4.74 Å². The smallest absolute Gasteiger partial charge is 0.191 e. The van der Waals surface area contributed by atoms with Crippen LogP contribution in [-0.4, -0.2) is 56.7 Å². The average molecular weight is 486 g/mol. The number of benzene rings is 1. The van der Waals surface area contributed by atoms with Crippen LogP contribution in [-0.2, 0) is 12.8 Å². The summed E-state index contributed by atoms with van der Waals surface area (Å²) in [5.41, 5.74) is 2.70. The summed E-state index contributed by atoms with van der Waals surface area (Å²) in [5, 5.41) is 6.92. The van der Waals surface area contributed by atoms with E-state index in [4.69, 9.17) is 4.74 Å². The highest BCUT2D eigenvalue weighted by Gasteiger charge is 2.20. The van der Waals surface area contributed by atoms with Gasteiger partial charge >= 0.3 is 0 Å². The molecule has 0 bridgehead atoms. The van der Waals surface area contributed by atoms with Crippen molar-refractivity contribution >= 4 is 29.9 Å². The quantitative estimate of drug-likeness (QED) is 0.369. The van der Waals surface area contributed by atoms with Gasteiger partial charge in [0.15, 0.2) is 5.96 Å². The Morgan fingerprint density at radius 1 is 1.30 bits per heavy atom. The van der Waals surface area contributed by atoms with Crippen LogP contribution in [0.4, 0.5) is 0 Å². The van der Waals surface area contributed by atoms with E-state index in [0.29, 0.717) is 6.04 Å².